The van der Waals surface area contributed by atoms with Crippen LogP contribution in [0, 0.1) is 0 Å². The van der Waals surface area contributed by atoms with Gasteiger partial charge in [0.25, 0.3) is 0 Å². The highest BCUT2D eigenvalue weighted by atomic mass is 35.5. The van der Waals surface area contributed by atoms with Gasteiger partial charge < -0.3 is 5.73 Å². The molecule has 0 bridgehead atoms. The summed E-state index contributed by atoms with van der Waals surface area (Å²) >= 11 is 13.9. The number of benzene rings is 2. The van der Waals surface area contributed by atoms with E-state index in [1.807, 2.05) is 42.5 Å². The number of hydrogen-bond acceptors (Lipinski definition) is 2. The molecule has 0 radical (unpaired) electrons. The molecule has 4 heteroatoms. The number of hydrogen-bond donors (Lipinski definition) is 1. The fraction of sp³-hybridized carbons (Fsp3) is 0.143. The van der Waals surface area contributed by atoms with Gasteiger partial charge in [-0.2, -0.15) is 0 Å². The van der Waals surface area contributed by atoms with Crippen molar-refractivity contribution in [3.63, 3.8) is 0 Å². The predicted octanol–water partition coefficient (Wildman–Crippen LogP) is 4.74. The van der Waals surface area contributed by atoms with E-state index in [1.165, 1.54) is 0 Å². The van der Waals surface area contributed by atoms with Gasteiger partial charge in [0.2, 0.25) is 0 Å². The maximum Gasteiger partial charge on any atom is 0.0462 e. The van der Waals surface area contributed by atoms with Crippen molar-refractivity contribution >= 4 is 35.0 Å². The monoisotopic (exact) mass is 297 g/mol. The lowest BCUT2D eigenvalue weighted by molar-refractivity contribution is 1.07. The van der Waals surface area contributed by atoms with Crippen LogP contribution in [-0.4, -0.2) is 0 Å². The van der Waals surface area contributed by atoms with E-state index in [0.29, 0.717) is 6.54 Å². The van der Waals surface area contributed by atoms with E-state index >= 15 is 0 Å². The quantitative estimate of drug-likeness (QED) is 0.825. The summed E-state index contributed by atoms with van der Waals surface area (Å²) in [6.07, 6.45) is 0. The Balaban J connectivity index is 2.07. The molecule has 0 aliphatic carbocycles. The third-order valence-corrected chi connectivity index (χ3v) is 4.36. The number of nitrogens with two attached hydrogens (primary N) is 1. The van der Waals surface area contributed by atoms with Crippen molar-refractivity contribution in [1.29, 1.82) is 0 Å². The molecule has 2 aromatic rings. The second kappa shape index (κ2) is 6.48. The lowest BCUT2D eigenvalue weighted by Crippen LogP contribution is -1.96. The summed E-state index contributed by atoms with van der Waals surface area (Å²) in [6, 6.07) is 13.8. The largest absolute Gasteiger partial charge is 0.326 e. The lowest BCUT2D eigenvalue weighted by Gasteiger charge is -2.06. The summed E-state index contributed by atoms with van der Waals surface area (Å²) in [5.41, 5.74) is 7.68. The van der Waals surface area contributed by atoms with Crippen LogP contribution >= 0.6 is 35.0 Å². The number of halogens is 2. The van der Waals surface area contributed by atoms with E-state index in [9.17, 15) is 0 Å². The molecule has 0 amide bonds. The molecule has 0 spiro atoms. The van der Waals surface area contributed by atoms with Gasteiger partial charge >= 0.3 is 0 Å². The van der Waals surface area contributed by atoms with E-state index < -0.39 is 0 Å². The minimum absolute atomic E-state index is 0.467. The summed E-state index contributed by atoms with van der Waals surface area (Å²) in [5.74, 6) is 0.831. The zero-order chi connectivity index (χ0) is 13.0. The molecule has 1 nitrogen and oxygen atoms in total. The van der Waals surface area contributed by atoms with Crippen molar-refractivity contribution in [3.05, 3.63) is 63.6 Å². The van der Waals surface area contributed by atoms with Crippen LogP contribution in [-0.2, 0) is 12.3 Å². The molecule has 0 aromatic heterocycles. The number of rotatable bonds is 4. The van der Waals surface area contributed by atoms with Crippen LogP contribution in [0.3, 0.4) is 0 Å². The van der Waals surface area contributed by atoms with Crippen molar-refractivity contribution in [2.24, 2.45) is 5.73 Å². The van der Waals surface area contributed by atoms with Gasteiger partial charge in [0, 0.05) is 27.2 Å². The van der Waals surface area contributed by atoms with Gasteiger partial charge in [-0.25, -0.2) is 0 Å². The van der Waals surface area contributed by atoms with E-state index in [-0.39, 0.29) is 0 Å². The maximum absolute atomic E-state index is 6.12. The van der Waals surface area contributed by atoms with Crippen molar-refractivity contribution in [3.8, 4) is 0 Å². The van der Waals surface area contributed by atoms with E-state index in [2.05, 4.69) is 0 Å². The fourth-order valence-corrected chi connectivity index (χ4v) is 3.10. The summed E-state index contributed by atoms with van der Waals surface area (Å²) < 4.78 is 0. The first-order valence-electron chi connectivity index (χ1n) is 5.55. The van der Waals surface area contributed by atoms with Crippen LogP contribution < -0.4 is 5.73 Å². The van der Waals surface area contributed by atoms with Gasteiger partial charge in [-0.15, -0.1) is 11.8 Å². The van der Waals surface area contributed by atoms with Crippen LogP contribution in [0.25, 0.3) is 0 Å². The summed E-state index contributed by atoms with van der Waals surface area (Å²) in [6.45, 7) is 0.467. The Morgan fingerprint density at radius 3 is 2.39 bits per heavy atom. The molecular formula is C14H13Cl2NS. The maximum atomic E-state index is 6.12. The SMILES string of the molecule is NCc1ccc(SCc2ccccc2Cl)cc1Cl. The highest BCUT2D eigenvalue weighted by Gasteiger charge is 2.03. The van der Waals surface area contributed by atoms with Gasteiger partial charge in [-0.3, -0.25) is 0 Å². The van der Waals surface area contributed by atoms with E-state index in [4.69, 9.17) is 28.9 Å². The third-order valence-electron chi connectivity index (χ3n) is 2.60. The normalized spacial score (nSPS) is 10.6. The average Bonchev–Trinajstić information content (AvgIpc) is 2.38. The standard InChI is InChI=1S/C14H13Cl2NS/c15-13-4-2-1-3-11(13)9-18-12-6-5-10(8-17)14(16)7-12/h1-7H,8-9,17H2. The van der Waals surface area contributed by atoms with Crippen molar-refractivity contribution in [2.45, 2.75) is 17.2 Å². The molecule has 0 fully saturated rings. The van der Waals surface area contributed by atoms with Crippen LogP contribution in [0.4, 0.5) is 0 Å². The van der Waals surface area contributed by atoms with Crippen molar-refractivity contribution < 1.29 is 0 Å². The molecular weight excluding hydrogens is 285 g/mol. The van der Waals surface area contributed by atoms with E-state index in [1.54, 1.807) is 11.8 Å². The first-order chi connectivity index (χ1) is 8.70. The van der Waals surface area contributed by atoms with Gasteiger partial charge in [-0.05, 0) is 29.3 Å². The fourth-order valence-electron chi connectivity index (χ4n) is 1.56. The molecule has 0 unspecified atom stereocenters. The molecule has 0 atom stereocenters. The first kappa shape index (κ1) is 13.8. The summed E-state index contributed by atoms with van der Waals surface area (Å²) in [4.78, 5) is 1.12. The molecule has 94 valence electrons. The molecule has 0 saturated carbocycles. The minimum Gasteiger partial charge on any atom is -0.326 e. The lowest BCUT2D eigenvalue weighted by atomic mass is 10.2. The molecule has 0 saturated heterocycles. The van der Waals surface area contributed by atoms with Crippen molar-refractivity contribution in [1.82, 2.24) is 0 Å². The Hall–Kier alpha value is -0.670. The molecule has 0 heterocycles. The summed E-state index contributed by atoms with van der Waals surface area (Å²) in [5, 5.41) is 1.52. The summed E-state index contributed by atoms with van der Waals surface area (Å²) in [7, 11) is 0. The molecule has 2 rings (SSSR count). The Morgan fingerprint density at radius 1 is 0.944 bits per heavy atom. The van der Waals surface area contributed by atoms with Gasteiger partial charge in [-0.1, -0.05) is 47.5 Å². The molecule has 2 N–H and O–H groups in total. The smallest absolute Gasteiger partial charge is 0.0462 e. The molecule has 0 aliphatic heterocycles. The predicted molar refractivity (Wildman–Crippen MR) is 80.4 cm³/mol. The van der Waals surface area contributed by atoms with Crippen LogP contribution in [0.2, 0.25) is 10.0 Å². The Labute approximate surface area is 121 Å². The van der Waals surface area contributed by atoms with Crippen LogP contribution in [0.1, 0.15) is 11.1 Å². The molecule has 18 heavy (non-hydrogen) atoms. The van der Waals surface area contributed by atoms with Crippen LogP contribution in [0.5, 0.6) is 0 Å². The second-order valence-corrected chi connectivity index (χ2v) is 5.70. The third kappa shape index (κ3) is 3.42. The Morgan fingerprint density at radius 2 is 1.72 bits per heavy atom. The Bertz CT molecular complexity index is 543. The molecule has 0 aliphatic rings. The van der Waals surface area contributed by atoms with E-state index in [0.717, 1.165) is 31.8 Å². The second-order valence-electron chi connectivity index (χ2n) is 3.84. The topological polar surface area (TPSA) is 26.0 Å². The first-order valence-corrected chi connectivity index (χ1v) is 7.29. The van der Waals surface area contributed by atoms with Gasteiger partial charge in [0.05, 0.1) is 0 Å². The zero-order valence-corrected chi connectivity index (χ0v) is 12.0. The average molecular weight is 298 g/mol. The highest BCUT2D eigenvalue weighted by Crippen LogP contribution is 2.29. The van der Waals surface area contributed by atoms with Gasteiger partial charge in [0.15, 0.2) is 0 Å². The van der Waals surface area contributed by atoms with Crippen molar-refractivity contribution in [2.75, 3.05) is 0 Å². The zero-order valence-electron chi connectivity index (χ0n) is 9.70. The van der Waals surface area contributed by atoms with Crippen LogP contribution in [0.15, 0.2) is 47.4 Å². The molecule has 2 aromatic carbocycles. The minimum atomic E-state index is 0.467. The highest BCUT2D eigenvalue weighted by molar-refractivity contribution is 7.98. The number of thioether (sulfide) groups is 1. The Kier molecular flexibility index (Phi) is 4.95. The van der Waals surface area contributed by atoms with Gasteiger partial charge in [0.1, 0.15) is 0 Å².